The van der Waals surface area contributed by atoms with E-state index >= 15 is 0 Å². The molecule has 2 heterocycles. The average Bonchev–Trinajstić information content (AvgIpc) is 3.57. The topological polar surface area (TPSA) is 161 Å². The van der Waals surface area contributed by atoms with Gasteiger partial charge in [-0.3, -0.25) is 14.5 Å². The van der Waals surface area contributed by atoms with E-state index in [-0.39, 0.29) is 24.3 Å². The van der Waals surface area contributed by atoms with Crippen molar-refractivity contribution in [2.45, 2.75) is 105 Å². The van der Waals surface area contributed by atoms with Crippen molar-refractivity contribution in [1.29, 1.82) is 0 Å². The highest BCUT2D eigenvalue weighted by atomic mass is 35.5. The molecule has 3 N–H and O–H groups in total. The molecule has 0 bridgehead atoms. The van der Waals surface area contributed by atoms with Crippen LogP contribution in [0.25, 0.3) is 11.1 Å². The molecule has 0 fully saturated rings. The summed E-state index contributed by atoms with van der Waals surface area (Å²) in [6, 6.07) is 7.01. The molecule has 0 saturated heterocycles. The fourth-order valence-electron chi connectivity index (χ4n) is 5.36. The Morgan fingerprint density at radius 3 is 2.20 bits per heavy atom. The van der Waals surface area contributed by atoms with Crippen molar-refractivity contribution in [2.24, 2.45) is 5.92 Å². The first-order chi connectivity index (χ1) is 23.3. The summed E-state index contributed by atoms with van der Waals surface area (Å²) < 4.78 is 23.1. The van der Waals surface area contributed by atoms with E-state index in [1.165, 1.54) is 0 Å². The molecule has 1 aromatic heterocycles. The van der Waals surface area contributed by atoms with Crippen LogP contribution >= 0.6 is 11.6 Å². The van der Waals surface area contributed by atoms with Gasteiger partial charge in [-0.2, -0.15) is 0 Å². The van der Waals surface area contributed by atoms with E-state index in [9.17, 15) is 19.2 Å². The highest BCUT2D eigenvalue weighted by Gasteiger charge is 2.38. The number of nitrogens with one attached hydrogen (secondary N) is 3. The minimum Gasteiger partial charge on any atom is -0.485 e. The summed E-state index contributed by atoms with van der Waals surface area (Å²) in [5.41, 5.74) is 2.38. The Balaban J connectivity index is 1.42. The van der Waals surface area contributed by atoms with Gasteiger partial charge in [-0.15, -0.1) is 11.6 Å². The van der Waals surface area contributed by atoms with Gasteiger partial charge in [0, 0.05) is 42.6 Å². The van der Waals surface area contributed by atoms with Crippen molar-refractivity contribution >= 4 is 58.1 Å². The van der Waals surface area contributed by atoms with E-state index in [1.807, 2.05) is 20.8 Å². The summed E-state index contributed by atoms with van der Waals surface area (Å²) in [5, 5.41) is 8.05. The predicted molar refractivity (Wildman–Crippen MR) is 191 cm³/mol. The Kier molecular flexibility index (Phi) is 11.6. The number of hydrogen-bond donors (Lipinski definition) is 3. The summed E-state index contributed by atoms with van der Waals surface area (Å²) in [4.78, 5) is 57.5. The third-order valence-electron chi connectivity index (χ3n) is 7.65. The number of carbonyl (C=O) groups is 4. The Hall–Kier alpha value is -4.52. The number of halogens is 1. The molecular formula is C36H48ClN5O8. The van der Waals surface area contributed by atoms with Gasteiger partial charge in [-0.25, -0.2) is 14.6 Å². The largest absolute Gasteiger partial charge is 0.485 e. The number of amides is 4. The van der Waals surface area contributed by atoms with Gasteiger partial charge < -0.3 is 34.6 Å². The lowest BCUT2D eigenvalue weighted by Gasteiger charge is -2.26. The maximum absolute atomic E-state index is 13.2. The van der Waals surface area contributed by atoms with E-state index < -0.39 is 47.3 Å². The molecule has 13 nitrogen and oxygen atoms in total. The van der Waals surface area contributed by atoms with Gasteiger partial charge in [0.05, 0.1) is 5.69 Å². The van der Waals surface area contributed by atoms with E-state index in [4.69, 9.17) is 30.2 Å². The van der Waals surface area contributed by atoms with Crippen molar-refractivity contribution in [3.05, 3.63) is 47.3 Å². The number of alkyl carbamates (subject to hydrolysis) is 1. The Morgan fingerprint density at radius 1 is 0.980 bits per heavy atom. The van der Waals surface area contributed by atoms with E-state index in [0.29, 0.717) is 40.7 Å². The SMILES string of the molecule is Cc1nc2c3c(cc(OCc4ccc(NC(=O)[C@H](C)NC(=O)C(NC(=O)OC(C)(C)C)C(C)C)cc4)c2o1)N(C(=O)OC(C)(C)C)CC3CCl. The molecular weight excluding hydrogens is 666 g/mol. The standard InChI is InChI=1S/C36H48ClN5O8/c1-19(2)28(41-33(45)49-35(5,6)7)32(44)38-20(3)31(43)40-24-13-11-22(12-14-24)18-47-26-15-25-27(29-30(26)48-21(4)39-29)23(16-37)17-42(25)34(46)50-36(8,9)10/h11-15,19-20,23,28H,16-18H2,1-10H3,(H,38,44)(H,40,43)(H,41,45)/t20-,23?,28?/m0/s1. The summed E-state index contributed by atoms with van der Waals surface area (Å²) >= 11 is 6.34. The number of oxazole rings is 1. The average molecular weight is 714 g/mol. The highest BCUT2D eigenvalue weighted by Crippen LogP contribution is 2.46. The molecule has 1 aliphatic heterocycles. The van der Waals surface area contributed by atoms with Crippen molar-refractivity contribution < 1.29 is 37.8 Å². The first kappa shape index (κ1) is 38.3. The molecule has 3 atom stereocenters. The molecule has 1 aliphatic rings. The van der Waals surface area contributed by atoms with Crippen LogP contribution in [0.2, 0.25) is 0 Å². The zero-order chi connectivity index (χ0) is 37.1. The number of rotatable bonds is 10. The van der Waals surface area contributed by atoms with Gasteiger partial charge in [-0.05, 0) is 72.1 Å². The van der Waals surface area contributed by atoms with Crippen LogP contribution in [0.5, 0.6) is 5.75 Å². The van der Waals surface area contributed by atoms with Crippen molar-refractivity contribution in [1.82, 2.24) is 15.6 Å². The van der Waals surface area contributed by atoms with Crippen LogP contribution in [-0.4, -0.2) is 64.7 Å². The van der Waals surface area contributed by atoms with Crippen LogP contribution < -0.4 is 25.6 Å². The summed E-state index contributed by atoms with van der Waals surface area (Å²) in [5.74, 6) is -0.211. The Labute approximate surface area is 297 Å². The van der Waals surface area contributed by atoms with E-state index in [2.05, 4.69) is 20.9 Å². The number of ether oxygens (including phenoxy) is 3. The number of nitrogens with zero attached hydrogens (tertiary/aromatic N) is 2. The number of carbonyl (C=O) groups excluding carboxylic acids is 4. The number of benzene rings is 2. The lowest BCUT2D eigenvalue weighted by atomic mass is 10.0. The quantitative estimate of drug-likeness (QED) is 0.192. The molecule has 4 rings (SSSR count). The van der Waals surface area contributed by atoms with Crippen LogP contribution in [0.15, 0.2) is 34.7 Å². The maximum atomic E-state index is 13.2. The second kappa shape index (κ2) is 15.2. The molecule has 50 heavy (non-hydrogen) atoms. The van der Waals surface area contributed by atoms with Crippen LogP contribution in [0.4, 0.5) is 21.0 Å². The lowest BCUT2D eigenvalue weighted by molar-refractivity contribution is -0.128. The van der Waals surface area contributed by atoms with Crippen LogP contribution in [-0.2, 0) is 25.7 Å². The van der Waals surface area contributed by atoms with Crippen LogP contribution in [0.1, 0.15) is 85.2 Å². The second-order valence-corrected chi connectivity index (χ2v) is 15.0. The van der Waals surface area contributed by atoms with Gasteiger partial charge in [0.1, 0.15) is 35.4 Å². The maximum Gasteiger partial charge on any atom is 0.414 e. The number of alkyl halides is 1. The van der Waals surface area contributed by atoms with Gasteiger partial charge in [-0.1, -0.05) is 26.0 Å². The molecule has 2 aromatic carbocycles. The van der Waals surface area contributed by atoms with Crippen molar-refractivity contribution in [3.63, 3.8) is 0 Å². The van der Waals surface area contributed by atoms with Gasteiger partial charge in [0.15, 0.2) is 17.2 Å². The zero-order valence-electron chi connectivity index (χ0n) is 30.4. The summed E-state index contributed by atoms with van der Waals surface area (Å²) in [7, 11) is 0. The fraction of sp³-hybridized carbons (Fsp3) is 0.528. The van der Waals surface area contributed by atoms with Crippen LogP contribution in [0.3, 0.4) is 0 Å². The number of anilines is 2. The predicted octanol–water partition coefficient (Wildman–Crippen LogP) is 6.79. The van der Waals surface area contributed by atoms with Gasteiger partial charge in [0.25, 0.3) is 0 Å². The number of hydrogen-bond acceptors (Lipinski definition) is 9. The normalized spacial score (nSPS) is 15.7. The highest BCUT2D eigenvalue weighted by molar-refractivity contribution is 6.19. The number of fused-ring (bicyclic) bond motifs is 3. The van der Waals surface area contributed by atoms with Gasteiger partial charge in [0.2, 0.25) is 11.8 Å². The molecule has 3 aromatic rings. The molecule has 272 valence electrons. The Morgan fingerprint density at radius 2 is 1.62 bits per heavy atom. The molecule has 0 spiro atoms. The van der Waals surface area contributed by atoms with Crippen LogP contribution in [0, 0.1) is 12.8 Å². The molecule has 14 heteroatoms. The Bertz CT molecular complexity index is 1730. The molecule has 0 aliphatic carbocycles. The van der Waals surface area contributed by atoms with Crippen molar-refractivity contribution in [3.8, 4) is 5.75 Å². The fourth-order valence-corrected chi connectivity index (χ4v) is 5.61. The minimum atomic E-state index is -0.894. The smallest absolute Gasteiger partial charge is 0.414 e. The number of aryl methyl sites for hydroxylation is 1. The van der Waals surface area contributed by atoms with E-state index in [0.717, 1.165) is 11.1 Å². The molecule has 2 unspecified atom stereocenters. The minimum absolute atomic E-state index is 0.154. The first-order valence-electron chi connectivity index (χ1n) is 16.6. The first-order valence-corrected chi connectivity index (χ1v) is 17.1. The number of aromatic nitrogens is 1. The van der Waals surface area contributed by atoms with Crippen molar-refractivity contribution in [2.75, 3.05) is 22.6 Å². The second-order valence-electron chi connectivity index (χ2n) is 14.7. The van der Waals surface area contributed by atoms with E-state index in [1.54, 1.807) is 83.7 Å². The summed E-state index contributed by atoms with van der Waals surface area (Å²) in [6.07, 6.45) is -1.20. The molecule has 0 radical (unpaired) electrons. The third-order valence-corrected chi connectivity index (χ3v) is 8.02. The molecule has 4 amide bonds. The molecule has 0 saturated carbocycles. The third kappa shape index (κ3) is 9.58. The monoisotopic (exact) mass is 713 g/mol. The summed E-state index contributed by atoms with van der Waals surface area (Å²) in [6.45, 7) is 18.0. The van der Waals surface area contributed by atoms with Gasteiger partial charge >= 0.3 is 12.2 Å². The lowest BCUT2D eigenvalue weighted by Crippen LogP contribution is -2.54. The zero-order valence-corrected chi connectivity index (χ0v) is 31.1.